The van der Waals surface area contributed by atoms with Crippen LogP contribution in [0, 0.1) is 12.7 Å². The number of imide groups is 2. The summed E-state index contributed by atoms with van der Waals surface area (Å²) in [5, 5.41) is 2.55. The zero-order valence-electron chi connectivity index (χ0n) is 17.8. The minimum atomic E-state index is -0.877. The lowest BCUT2D eigenvalue weighted by molar-refractivity contribution is -0.122. The summed E-state index contributed by atoms with van der Waals surface area (Å²) in [5.41, 5.74) is 1.46. The maximum Gasteiger partial charge on any atom is 0.335 e. The number of benzene rings is 3. The van der Waals surface area contributed by atoms with Gasteiger partial charge in [-0.2, -0.15) is 0 Å². The molecule has 0 bridgehead atoms. The van der Waals surface area contributed by atoms with E-state index in [2.05, 4.69) is 21.2 Å². The standard InChI is InChI=1S/C25H17BrClFN2O4/c1-14-6-8-18(12-20(14)27)30-24(32)19(23(31)29-25(30)33)11-16-10-17(26)7-9-22(16)34-13-15-4-2-3-5-21(15)28/h2-12H,13H2,1H3,(H,29,31,33)/b19-11-. The van der Waals surface area contributed by atoms with E-state index in [1.165, 1.54) is 18.2 Å². The molecule has 0 saturated carbocycles. The highest BCUT2D eigenvalue weighted by molar-refractivity contribution is 9.10. The fraction of sp³-hybridized carbons (Fsp3) is 0.0800. The number of hydrogen-bond acceptors (Lipinski definition) is 4. The fourth-order valence-electron chi connectivity index (χ4n) is 3.30. The van der Waals surface area contributed by atoms with Gasteiger partial charge in [-0.25, -0.2) is 14.1 Å². The molecule has 0 aliphatic carbocycles. The largest absolute Gasteiger partial charge is 0.488 e. The number of aryl methyl sites for hydroxylation is 1. The molecule has 34 heavy (non-hydrogen) atoms. The van der Waals surface area contributed by atoms with Crippen molar-refractivity contribution in [3.8, 4) is 5.75 Å². The predicted octanol–water partition coefficient (Wildman–Crippen LogP) is 5.80. The average Bonchev–Trinajstić information content (AvgIpc) is 2.79. The van der Waals surface area contributed by atoms with Gasteiger partial charge in [-0.3, -0.25) is 14.9 Å². The third-order valence-electron chi connectivity index (χ3n) is 5.13. The third-order valence-corrected chi connectivity index (χ3v) is 6.03. The number of amides is 4. The van der Waals surface area contributed by atoms with Gasteiger partial charge in [-0.05, 0) is 55.0 Å². The van der Waals surface area contributed by atoms with E-state index in [1.54, 1.807) is 55.5 Å². The summed E-state index contributed by atoms with van der Waals surface area (Å²) in [6.07, 6.45) is 1.33. The number of urea groups is 1. The van der Waals surface area contributed by atoms with Crippen LogP contribution in [0.1, 0.15) is 16.7 Å². The van der Waals surface area contributed by atoms with Crippen molar-refractivity contribution >= 4 is 57.1 Å². The number of ether oxygens (including phenoxy) is 1. The summed E-state index contributed by atoms with van der Waals surface area (Å²) in [5.74, 6) is -1.74. The SMILES string of the molecule is Cc1ccc(N2C(=O)NC(=O)/C(=C/c3cc(Br)ccc3OCc3ccccc3F)C2=O)cc1Cl. The second-order valence-corrected chi connectivity index (χ2v) is 8.78. The van der Waals surface area contributed by atoms with Crippen LogP contribution in [0.4, 0.5) is 14.9 Å². The maximum atomic E-state index is 14.0. The first-order valence-corrected chi connectivity index (χ1v) is 11.2. The van der Waals surface area contributed by atoms with E-state index >= 15 is 0 Å². The van der Waals surface area contributed by atoms with Crippen LogP contribution < -0.4 is 15.0 Å². The average molecular weight is 544 g/mol. The Kier molecular flexibility index (Phi) is 6.81. The zero-order chi connectivity index (χ0) is 24.4. The number of nitrogens with one attached hydrogen (secondary N) is 1. The van der Waals surface area contributed by atoms with E-state index in [1.807, 2.05) is 0 Å². The Bertz CT molecular complexity index is 1360. The van der Waals surface area contributed by atoms with Gasteiger partial charge in [0.15, 0.2) is 0 Å². The molecule has 0 unspecified atom stereocenters. The highest BCUT2D eigenvalue weighted by Gasteiger charge is 2.37. The maximum absolute atomic E-state index is 14.0. The summed E-state index contributed by atoms with van der Waals surface area (Å²) >= 11 is 9.52. The van der Waals surface area contributed by atoms with Crippen LogP contribution in [0.5, 0.6) is 5.75 Å². The number of carbonyl (C=O) groups is 3. The van der Waals surface area contributed by atoms with Gasteiger partial charge >= 0.3 is 6.03 Å². The van der Waals surface area contributed by atoms with Crippen molar-refractivity contribution in [3.63, 3.8) is 0 Å². The topological polar surface area (TPSA) is 75.7 Å². The number of carbonyl (C=O) groups excluding carboxylic acids is 3. The number of nitrogens with zero attached hydrogens (tertiary/aromatic N) is 1. The van der Waals surface area contributed by atoms with E-state index in [-0.39, 0.29) is 17.9 Å². The molecule has 1 heterocycles. The first-order chi connectivity index (χ1) is 16.2. The van der Waals surface area contributed by atoms with Crippen LogP contribution in [0.15, 0.2) is 70.7 Å². The summed E-state index contributed by atoms with van der Waals surface area (Å²) in [7, 11) is 0. The Hall–Kier alpha value is -3.49. The molecule has 4 rings (SSSR count). The molecular formula is C25H17BrClFN2O4. The third kappa shape index (κ3) is 4.88. The summed E-state index contributed by atoms with van der Waals surface area (Å²) in [6, 6.07) is 15.0. The normalized spacial score (nSPS) is 15.0. The van der Waals surface area contributed by atoms with Crippen molar-refractivity contribution in [3.05, 3.63) is 98.2 Å². The minimum absolute atomic E-state index is 0.0584. The lowest BCUT2D eigenvalue weighted by atomic mass is 10.1. The van der Waals surface area contributed by atoms with Gasteiger partial charge in [0.2, 0.25) is 0 Å². The number of barbiturate groups is 1. The van der Waals surface area contributed by atoms with Crippen LogP contribution in [0.2, 0.25) is 5.02 Å². The molecular weight excluding hydrogens is 527 g/mol. The molecule has 1 saturated heterocycles. The molecule has 9 heteroatoms. The fourth-order valence-corrected chi connectivity index (χ4v) is 3.86. The Morgan fingerprint density at radius 2 is 1.85 bits per heavy atom. The van der Waals surface area contributed by atoms with Gasteiger partial charge in [-0.15, -0.1) is 0 Å². The van der Waals surface area contributed by atoms with Gasteiger partial charge in [0, 0.05) is 20.6 Å². The first kappa shape index (κ1) is 23.7. The molecule has 6 nitrogen and oxygen atoms in total. The van der Waals surface area contributed by atoms with Crippen molar-refractivity contribution in [2.24, 2.45) is 0 Å². The van der Waals surface area contributed by atoms with Crippen LogP contribution >= 0.6 is 27.5 Å². The highest BCUT2D eigenvalue weighted by atomic mass is 79.9. The van der Waals surface area contributed by atoms with Crippen LogP contribution in [-0.4, -0.2) is 17.8 Å². The second kappa shape index (κ2) is 9.79. The van der Waals surface area contributed by atoms with E-state index in [0.717, 1.165) is 10.5 Å². The molecule has 0 aromatic heterocycles. The summed E-state index contributed by atoms with van der Waals surface area (Å²) in [4.78, 5) is 39.1. The van der Waals surface area contributed by atoms with Crippen LogP contribution in [0.25, 0.3) is 6.08 Å². The first-order valence-electron chi connectivity index (χ1n) is 10.1. The number of rotatable bonds is 5. The molecule has 0 radical (unpaired) electrons. The van der Waals surface area contributed by atoms with E-state index in [4.69, 9.17) is 16.3 Å². The molecule has 172 valence electrons. The van der Waals surface area contributed by atoms with E-state index < -0.39 is 23.7 Å². The summed E-state index contributed by atoms with van der Waals surface area (Å²) in [6.45, 7) is 1.73. The van der Waals surface area contributed by atoms with Gasteiger partial charge in [0.25, 0.3) is 11.8 Å². The molecule has 1 aliphatic rings. The molecule has 0 atom stereocenters. The number of halogens is 3. The van der Waals surface area contributed by atoms with Crippen molar-refractivity contribution in [2.75, 3.05) is 4.90 Å². The lowest BCUT2D eigenvalue weighted by Gasteiger charge is -2.26. The Morgan fingerprint density at radius 3 is 2.59 bits per heavy atom. The molecule has 3 aromatic carbocycles. The Balaban J connectivity index is 1.69. The van der Waals surface area contributed by atoms with Crippen molar-refractivity contribution in [1.82, 2.24) is 5.32 Å². The lowest BCUT2D eigenvalue weighted by Crippen LogP contribution is -2.54. The Labute approximate surface area is 208 Å². The van der Waals surface area contributed by atoms with E-state index in [9.17, 15) is 18.8 Å². The zero-order valence-corrected chi connectivity index (χ0v) is 20.1. The quantitative estimate of drug-likeness (QED) is 0.326. The van der Waals surface area contributed by atoms with E-state index in [0.29, 0.717) is 26.4 Å². The molecule has 4 amide bonds. The van der Waals surface area contributed by atoms with Crippen molar-refractivity contribution in [1.29, 1.82) is 0 Å². The molecule has 1 fully saturated rings. The highest BCUT2D eigenvalue weighted by Crippen LogP contribution is 2.30. The van der Waals surface area contributed by atoms with Gasteiger partial charge in [-0.1, -0.05) is 51.8 Å². The number of hydrogen-bond donors (Lipinski definition) is 1. The van der Waals surface area contributed by atoms with Gasteiger partial charge in [0.05, 0.1) is 5.69 Å². The monoisotopic (exact) mass is 542 g/mol. The predicted molar refractivity (Wildman–Crippen MR) is 130 cm³/mol. The van der Waals surface area contributed by atoms with Gasteiger partial charge < -0.3 is 4.74 Å². The molecule has 1 aliphatic heterocycles. The molecule has 3 aromatic rings. The van der Waals surface area contributed by atoms with Crippen LogP contribution in [-0.2, 0) is 16.2 Å². The smallest absolute Gasteiger partial charge is 0.335 e. The number of anilines is 1. The second-order valence-electron chi connectivity index (χ2n) is 7.45. The van der Waals surface area contributed by atoms with Crippen LogP contribution in [0.3, 0.4) is 0 Å². The summed E-state index contributed by atoms with van der Waals surface area (Å²) < 4.78 is 20.4. The molecule has 1 N–H and O–H groups in total. The minimum Gasteiger partial charge on any atom is -0.488 e. The Morgan fingerprint density at radius 1 is 1.09 bits per heavy atom. The van der Waals surface area contributed by atoms with Crippen molar-refractivity contribution < 1.29 is 23.5 Å². The van der Waals surface area contributed by atoms with Gasteiger partial charge in [0.1, 0.15) is 23.7 Å². The molecule has 0 spiro atoms. The van der Waals surface area contributed by atoms with Crippen molar-refractivity contribution in [2.45, 2.75) is 13.5 Å².